The molecular weight excluding hydrogens is 498 g/mol. The zero-order valence-corrected chi connectivity index (χ0v) is 23.6. The number of benzene rings is 1. The lowest BCUT2D eigenvalue weighted by molar-refractivity contribution is -0.147. The molecule has 2 saturated heterocycles. The van der Waals surface area contributed by atoms with Gasteiger partial charge in [-0.15, -0.1) is 11.8 Å². The summed E-state index contributed by atoms with van der Waals surface area (Å²) >= 11 is 1.59. The van der Waals surface area contributed by atoms with Crippen molar-refractivity contribution in [3.63, 3.8) is 0 Å². The molecule has 4 heterocycles. The van der Waals surface area contributed by atoms with Crippen LogP contribution in [0.5, 0.6) is 0 Å². The maximum atomic E-state index is 14.6. The van der Waals surface area contributed by atoms with Gasteiger partial charge in [0.2, 0.25) is 17.7 Å². The number of hydrogen-bond donors (Lipinski definition) is 1. The second-order valence-corrected chi connectivity index (χ2v) is 13.2. The molecule has 2 fully saturated rings. The van der Waals surface area contributed by atoms with Crippen molar-refractivity contribution in [1.82, 2.24) is 14.7 Å². The highest BCUT2D eigenvalue weighted by atomic mass is 32.2. The highest BCUT2D eigenvalue weighted by molar-refractivity contribution is 8.02. The third-order valence-corrected chi connectivity index (χ3v) is 10.7. The summed E-state index contributed by atoms with van der Waals surface area (Å²) in [6.07, 6.45) is 10.4. The van der Waals surface area contributed by atoms with E-state index in [9.17, 15) is 19.5 Å². The molecule has 1 aromatic rings. The molecule has 0 aromatic heterocycles. The van der Waals surface area contributed by atoms with Crippen molar-refractivity contribution >= 4 is 29.5 Å². The van der Waals surface area contributed by atoms with Gasteiger partial charge in [-0.3, -0.25) is 14.4 Å². The topological polar surface area (TPSA) is 81.2 Å². The smallest absolute Gasteiger partial charge is 0.247 e. The fraction of sp³-hybridized carbons (Fsp3) is 0.567. The predicted molar refractivity (Wildman–Crippen MR) is 149 cm³/mol. The van der Waals surface area contributed by atoms with Gasteiger partial charge < -0.3 is 19.8 Å². The minimum Gasteiger partial charge on any atom is -0.394 e. The highest BCUT2D eigenvalue weighted by Gasteiger charge is 2.74. The van der Waals surface area contributed by atoms with E-state index >= 15 is 0 Å². The van der Waals surface area contributed by atoms with Crippen molar-refractivity contribution < 1.29 is 19.5 Å². The number of carbonyl (C=O) groups excluding carboxylic acids is 3. The minimum atomic E-state index is -0.892. The van der Waals surface area contributed by atoms with Crippen LogP contribution in [0.4, 0.5) is 0 Å². The molecule has 7 nitrogen and oxygen atoms in total. The standard InChI is InChI=1S/C30H39N3O4S/c1-5-11-20(2)32-17-10-15-30-24(23-26(35)31(4)16-9-14-29(23,3)38-30)27(36)33(25(30)28(32)37)22(19-34)18-21-12-7-6-8-13-21/h6-10,12-15,20,22-25,34H,5,11,16-19H2,1-4H3/t20?,22-,23-,24+,25?,29+,30+/m1/s1. The van der Waals surface area contributed by atoms with Gasteiger partial charge >= 0.3 is 0 Å². The summed E-state index contributed by atoms with van der Waals surface area (Å²) in [5.41, 5.74) is 0.990. The Morgan fingerprint density at radius 1 is 1.03 bits per heavy atom. The van der Waals surface area contributed by atoms with Gasteiger partial charge in [-0.1, -0.05) is 68.0 Å². The second kappa shape index (κ2) is 10.2. The minimum absolute atomic E-state index is 0.0186. The van der Waals surface area contributed by atoms with Crippen LogP contribution in [0.2, 0.25) is 0 Å². The summed E-state index contributed by atoms with van der Waals surface area (Å²) in [6, 6.07) is 8.42. The maximum Gasteiger partial charge on any atom is 0.247 e. The van der Waals surface area contributed by atoms with Crippen LogP contribution in [0, 0.1) is 11.8 Å². The molecule has 1 aromatic carbocycles. The third-order valence-electron chi connectivity index (χ3n) is 8.88. The van der Waals surface area contributed by atoms with Gasteiger partial charge in [-0.2, -0.15) is 0 Å². The van der Waals surface area contributed by atoms with E-state index < -0.39 is 33.4 Å². The summed E-state index contributed by atoms with van der Waals surface area (Å²) in [7, 11) is 1.77. The number of aliphatic hydroxyl groups excluding tert-OH is 1. The van der Waals surface area contributed by atoms with Crippen molar-refractivity contribution in [2.75, 3.05) is 26.7 Å². The molecule has 5 rings (SSSR count). The Morgan fingerprint density at radius 2 is 1.74 bits per heavy atom. The number of amides is 3. The summed E-state index contributed by atoms with van der Waals surface area (Å²) < 4.78 is -1.51. The molecule has 204 valence electrons. The molecule has 3 amide bonds. The number of nitrogens with zero attached hydrogens (tertiary/aromatic N) is 3. The van der Waals surface area contributed by atoms with Gasteiger partial charge in [0.15, 0.2) is 0 Å². The van der Waals surface area contributed by atoms with E-state index in [1.807, 2.05) is 54.3 Å². The molecule has 0 radical (unpaired) electrons. The maximum absolute atomic E-state index is 14.6. The molecule has 7 atom stereocenters. The second-order valence-electron chi connectivity index (χ2n) is 11.4. The predicted octanol–water partition coefficient (Wildman–Crippen LogP) is 2.89. The average molecular weight is 538 g/mol. The van der Waals surface area contributed by atoms with E-state index in [1.54, 1.807) is 28.6 Å². The molecule has 2 unspecified atom stereocenters. The Balaban J connectivity index is 1.65. The zero-order valence-electron chi connectivity index (χ0n) is 22.7. The number of thioether (sulfide) groups is 1. The Kier molecular flexibility index (Phi) is 7.24. The molecule has 1 spiro atoms. The first kappa shape index (κ1) is 27.0. The van der Waals surface area contributed by atoms with Crippen LogP contribution in [0.3, 0.4) is 0 Å². The van der Waals surface area contributed by atoms with Crippen molar-refractivity contribution in [2.45, 2.75) is 67.7 Å². The van der Waals surface area contributed by atoms with Gasteiger partial charge in [0, 0.05) is 30.9 Å². The molecule has 4 aliphatic rings. The largest absolute Gasteiger partial charge is 0.394 e. The van der Waals surface area contributed by atoms with E-state index in [2.05, 4.69) is 26.0 Å². The van der Waals surface area contributed by atoms with E-state index in [4.69, 9.17) is 0 Å². The molecule has 0 saturated carbocycles. The average Bonchev–Trinajstić information content (AvgIpc) is 3.18. The van der Waals surface area contributed by atoms with Crippen molar-refractivity contribution in [1.29, 1.82) is 0 Å². The van der Waals surface area contributed by atoms with Crippen LogP contribution in [0.25, 0.3) is 0 Å². The van der Waals surface area contributed by atoms with Crippen LogP contribution in [0.15, 0.2) is 54.6 Å². The lowest BCUT2D eigenvalue weighted by Crippen LogP contribution is -2.58. The summed E-state index contributed by atoms with van der Waals surface area (Å²) in [5, 5.41) is 10.6. The van der Waals surface area contributed by atoms with Gasteiger partial charge in [0.25, 0.3) is 0 Å². The third kappa shape index (κ3) is 4.11. The SMILES string of the molecule is CCCC(C)N1CC=C[C@]23S[C@@]4(C)C=CCN(C)C(=O)[C@H]4[C@H]2C(=O)N([C@@H](CO)Cc2ccccc2)C3C1=O. The van der Waals surface area contributed by atoms with Crippen LogP contribution in [-0.2, 0) is 20.8 Å². The fourth-order valence-electron chi connectivity index (χ4n) is 7.10. The quantitative estimate of drug-likeness (QED) is 0.541. The molecule has 8 heteroatoms. The molecular formula is C30H39N3O4S. The van der Waals surface area contributed by atoms with Crippen molar-refractivity contribution in [2.24, 2.45) is 11.8 Å². The normalized spacial score (nSPS) is 34.1. The monoisotopic (exact) mass is 537 g/mol. The summed E-state index contributed by atoms with van der Waals surface area (Å²) in [6.45, 7) is 6.91. The van der Waals surface area contributed by atoms with Gasteiger partial charge in [-0.05, 0) is 32.3 Å². The molecule has 38 heavy (non-hydrogen) atoms. The zero-order chi connectivity index (χ0) is 27.2. The number of fused-ring (bicyclic) bond motifs is 2. The van der Waals surface area contributed by atoms with Gasteiger partial charge in [-0.25, -0.2) is 0 Å². The molecule has 0 aliphatic carbocycles. The molecule has 4 aliphatic heterocycles. The van der Waals surface area contributed by atoms with Crippen molar-refractivity contribution in [3.05, 3.63) is 60.2 Å². The summed E-state index contributed by atoms with van der Waals surface area (Å²) in [4.78, 5) is 48.1. The van der Waals surface area contributed by atoms with Crippen LogP contribution < -0.4 is 0 Å². The van der Waals surface area contributed by atoms with E-state index in [-0.39, 0.29) is 30.4 Å². The Morgan fingerprint density at radius 3 is 2.42 bits per heavy atom. The van der Waals surface area contributed by atoms with Crippen molar-refractivity contribution in [3.8, 4) is 0 Å². The Hall–Kier alpha value is -2.58. The number of likely N-dealkylation sites (N-methyl/N-ethyl adjacent to an activating group) is 1. The summed E-state index contributed by atoms with van der Waals surface area (Å²) in [5.74, 6) is -1.64. The molecule has 0 bridgehead atoms. The van der Waals surface area contributed by atoms with E-state index in [0.29, 0.717) is 19.5 Å². The van der Waals surface area contributed by atoms with E-state index in [0.717, 1.165) is 18.4 Å². The first-order valence-corrected chi connectivity index (χ1v) is 14.6. The first-order valence-electron chi connectivity index (χ1n) is 13.8. The lowest BCUT2D eigenvalue weighted by atomic mass is 9.74. The van der Waals surface area contributed by atoms with E-state index in [1.165, 1.54) is 0 Å². The number of likely N-dealkylation sites (tertiary alicyclic amines) is 1. The Bertz CT molecular complexity index is 1160. The number of carbonyl (C=O) groups is 3. The van der Waals surface area contributed by atoms with Crippen LogP contribution in [-0.4, -0.2) is 91.9 Å². The van der Waals surface area contributed by atoms with Gasteiger partial charge in [0.05, 0.1) is 29.2 Å². The number of rotatable bonds is 7. The van der Waals surface area contributed by atoms with Crippen LogP contribution >= 0.6 is 11.8 Å². The highest BCUT2D eigenvalue weighted by Crippen LogP contribution is 2.65. The molecule has 1 N–H and O–H groups in total. The fourth-order valence-corrected chi connectivity index (χ4v) is 9.24. The van der Waals surface area contributed by atoms with Crippen LogP contribution in [0.1, 0.15) is 39.2 Å². The Labute approximate surface area is 229 Å². The lowest BCUT2D eigenvalue weighted by Gasteiger charge is -2.41. The number of hydrogen-bond acceptors (Lipinski definition) is 5. The van der Waals surface area contributed by atoms with Gasteiger partial charge in [0.1, 0.15) is 6.04 Å². The number of aliphatic hydroxyl groups is 1. The first-order chi connectivity index (χ1) is 18.2.